The van der Waals surface area contributed by atoms with Crippen LogP contribution in [-0.2, 0) is 32.7 Å². The number of carbonyl (C=O) groups excluding carboxylic acids is 2. The standard InChI is InChI=1S/C50H78NO9P/c1-6-8-10-11-12-13-14-15-16-17-18-21-24-27-30-33-37-41-49(53)57-45-48(46-59-61(55,56)58-44-43-51(3,4)5)60-50(54)42-38-34-31-28-25-22-19-20-23-26-29-32-36-40-47(52)39-35-9-7-2/h8-10,12-13,15-16,18,20-23,25,27,29-32,34-36,40,47-48,52H,6-7,11,14,17,19,24,26,28,33,37-39,41-46H2,1-5H3/p+1/b10-8-,13-12-,16-15-,21-18-,23-20-,25-22-,30-27-,32-29+,34-31-,35-9-,40-36+/t47?,48-/m1/s1. The zero-order valence-corrected chi connectivity index (χ0v) is 38.8. The average Bonchev–Trinajstić information content (AvgIpc) is 3.21. The number of likely N-dealkylation sites (N-methyl/N-ethyl adjacent to an activating group) is 1. The second-order valence-electron chi connectivity index (χ2n) is 15.2. The number of phosphoric ester groups is 1. The Labute approximate surface area is 369 Å². The van der Waals surface area contributed by atoms with Crippen LogP contribution in [0.15, 0.2) is 134 Å². The van der Waals surface area contributed by atoms with Gasteiger partial charge in [0.15, 0.2) is 6.10 Å². The highest BCUT2D eigenvalue weighted by Gasteiger charge is 2.27. The van der Waals surface area contributed by atoms with Crippen molar-refractivity contribution in [1.29, 1.82) is 0 Å². The number of phosphoric acid groups is 1. The normalized spacial score (nSPS) is 15.3. The second-order valence-corrected chi connectivity index (χ2v) is 16.6. The molecule has 342 valence electrons. The summed E-state index contributed by atoms with van der Waals surface area (Å²) in [6.07, 6.45) is 54.3. The molecule has 3 atom stereocenters. The molecule has 0 bridgehead atoms. The van der Waals surface area contributed by atoms with Gasteiger partial charge in [-0.25, -0.2) is 4.57 Å². The molecule has 0 aliphatic heterocycles. The fourth-order valence-electron chi connectivity index (χ4n) is 4.86. The number of nitrogens with zero attached hydrogens (tertiary/aromatic N) is 1. The highest BCUT2D eigenvalue weighted by molar-refractivity contribution is 7.47. The van der Waals surface area contributed by atoms with Crippen molar-refractivity contribution in [1.82, 2.24) is 0 Å². The third-order valence-corrected chi connectivity index (χ3v) is 9.25. The number of hydrogen-bond acceptors (Lipinski definition) is 8. The minimum absolute atomic E-state index is 0.00652. The van der Waals surface area contributed by atoms with Crippen LogP contribution in [0.4, 0.5) is 0 Å². The van der Waals surface area contributed by atoms with E-state index in [1.807, 2.05) is 75.8 Å². The van der Waals surface area contributed by atoms with Gasteiger partial charge in [0.1, 0.15) is 19.8 Å². The monoisotopic (exact) mass is 869 g/mol. The number of quaternary nitrogens is 1. The van der Waals surface area contributed by atoms with Crippen LogP contribution >= 0.6 is 7.82 Å². The van der Waals surface area contributed by atoms with Gasteiger partial charge in [-0.3, -0.25) is 18.6 Å². The van der Waals surface area contributed by atoms with Crippen molar-refractivity contribution in [2.24, 2.45) is 0 Å². The highest BCUT2D eigenvalue weighted by Crippen LogP contribution is 2.43. The van der Waals surface area contributed by atoms with Crippen molar-refractivity contribution < 1.29 is 47.2 Å². The maximum absolute atomic E-state index is 12.7. The lowest BCUT2D eigenvalue weighted by Gasteiger charge is -2.24. The van der Waals surface area contributed by atoms with Crippen LogP contribution in [0.2, 0.25) is 0 Å². The lowest BCUT2D eigenvalue weighted by molar-refractivity contribution is -0.870. The van der Waals surface area contributed by atoms with Gasteiger partial charge in [0.25, 0.3) is 0 Å². The molecule has 0 rings (SSSR count). The lowest BCUT2D eigenvalue weighted by Crippen LogP contribution is -2.37. The molecule has 2 unspecified atom stereocenters. The maximum Gasteiger partial charge on any atom is 0.472 e. The van der Waals surface area contributed by atoms with E-state index in [2.05, 4.69) is 86.8 Å². The number of aliphatic hydroxyl groups is 1. The van der Waals surface area contributed by atoms with E-state index < -0.39 is 38.6 Å². The van der Waals surface area contributed by atoms with E-state index in [1.165, 1.54) is 0 Å². The summed E-state index contributed by atoms with van der Waals surface area (Å²) in [6.45, 7) is 3.89. The summed E-state index contributed by atoms with van der Waals surface area (Å²) in [5, 5.41) is 9.85. The van der Waals surface area contributed by atoms with Crippen LogP contribution in [0.25, 0.3) is 0 Å². The Hall–Kier alpha value is -3.89. The molecule has 0 aliphatic carbocycles. The van der Waals surface area contributed by atoms with Crippen molar-refractivity contribution in [3.63, 3.8) is 0 Å². The smallest absolute Gasteiger partial charge is 0.462 e. The minimum Gasteiger partial charge on any atom is -0.462 e. The number of esters is 2. The van der Waals surface area contributed by atoms with Gasteiger partial charge in [0.2, 0.25) is 0 Å². The van der Waals surface area contributed by atoms with Crippen molar-refractivity contribution in [3.05, 3.63) is 134 Å². The van der Waals surface area contributed by atoms with Crippen molar-refractivity contribution >= 4 is 19.8 Å². The summed E-state index contributed by atoms with van der Waals surface area (Å²) in [5.74, 6) is -1.00. The van der Waals surface area contributed by atoms with E-state index in [1.54, 1.807) is 6.08 Å². The molecule has 10 nitrogen and oxygen atoms in total. The summed E-state index contributed by atoms with van der Waals surface area (Å²) in [7, 11) is 1.35. The topological polar surface area (TPSA) is 129 Å². The molecule has 0 radical (unpaired) electrons. The zero-order valence-electron chi connectivity index (χ0n) is 37.9. The molecule has 0 spiro atoms. The fourth-order valence-corrected chi connectivity index (χ4v) is 5.60. The van der Waals surface area contributed by atoms with Gasteiger partial charge in [-0.1, -0.05) is 148 Å². The Morgan fingerprint density at radius 2 is 1.08 bits per heavy atom. The van der Waals surface area contributed by atoms with Crippen LogP contribution in [-0.4, -0.2) is 86.1 Å². The predicted octanol–water partition coefficient (Wildman–Crippen LogP) is 11.7. The number of unbranched alkanes of at least 4 members (excludes halogenated alkanes) is 1. The number of ether oxygens (including phenoxy) is 2. The van der Waals surface area contributed by atoms with Gasteiger partial charge in [-0.05, 0) is 83.5 Å². The van der Waals surface area contributed by atoms with Crippen LogP contribution in [0.3, 0.4) is 0 Å². The summed E-state index contributed by atoms with van der Waals surface area (Å²) < 4.78 is 34.1. The van der Waals surface area contributed by atoms with E-state index in [-0.39, 0.29) is 26.1 Å². The fraction of sp³-hybridized carbons (Fsp3) is 0.520. The van der Waals surface area contributed by atoms with E-state index in [4.69, 9.17) is 18.5 Å². The summed E-state index contributed by atoms with van der Waals surface area (Å²) in [5.41, 5.74) is 0. The summed E-state index contributed by atoms with van der Waals surface area (Å²) in [4.78, 5) is 35.3. The first-order valence-electron chi connectivity index (χ1n) is 22.0. The quantitative estimate of drug-likeness (QED) is 0.0157. The third-order valence-electron chi connectivity index (χ3n) is 8.27. The van der Waals surface area contributed by atoms with Gasteiger partial charge in [-0.2, -0.15) is 0 Å². The van der Waals surface area contributed by atoms with Crippen molar-refractivity contribution in [3.8, 4) is 0 Å². The molecule has 61 heavy (non-hydrogen) atoms. The van der Waals surface area contributed by atoms with Crippen LogP contribution in [0, 0.1) is 0 Å². The molecular formula is C50H79NO9P+. The molecule has 11 heteroatoms. The third kappa shape index (κ3) is 44.0. The van der Waals surface area contributed by atoms with Crippen molar-refractivity contribution in [2.45, 2.75) is 122 Å². The van der Waals surface area contributed by atoms with Crippen LogP contribution in [0.1, 0.15) is 110 Å². The molecule has 0 aromatic rings. The highest BCUT2D eigenvalue weighted by atomic mass is 31.2. The van der Waals surface area contributed by atoms with Gasteiger partial charge in [-0.15, -0.1) is 0 Å². The molecule has 0 aromatic carbocycles. The summed E-state index contributed by atoms with van der Waals surface area (Å²) >= 11 is 0. The largest absolute Gasteiger partial charge is 0.472 e. The molecule has 0 fully saturated rings. The Balaban J connectivity index is 4.65. The minimum atomic E-state index is -4.43. The predicted molar refractivity (Wildman–Crippen MR) is 253 cm³/mol. The van der Waals surface area contributed by atoms with Crippen molar-refractivity contribution in [2.75, 3.05) is 47.5 Å². The number of carbonyl (C=O) groups is 2. The van der Waals surface area contributed by atoms with E-state index >= 15 is 0 Å². The van der Waals surface area contributed by atoms with Gasteiger partial charge < -0.3 is 24.0 Å². The second kappa shape index (κ2) is 40.2. The Morgan fingerprint density at radius 3 is 1.62 bits per heavy atom. The molecule has 0 aromatic heterocycles. The van der Waals surface area contributed by atoms with Crippen LogP contribution in [0.5, 0.6) is 0 Å². The number of rotatable bonds is 37. The number of hydrogen-bond donors (Lipinski definition) is 2. The first kappa shape index (κ1) is 57.1. The Morgan fingerprint density at radius 1 is 0.590 bits per heavy atom. The van der Waals surface area contributed by atoms with Gasteiger partial charge >= 0.3 is 19.8 Å². The number of allylic oxidation sites excluding steroid dienone is 20. The average molecular weight is 869 g/mol. The van der Waals surface area contributed by atoms with Gasteiger partial charge in [0, 0.05) is 12.8 Å². The SMILES string of the molecule is CC/C=C\C/C=C\C/C=C\C/C=C\C/C=C\CCCC(=O)OC[C@H](COP(=O)(O)OCC[N+](C)(C)C)OC(=O)CC/C=C\C/C=C\C/C=C\C/C=C/C=C/C(O)C/C=C\CC. The molecule has 2 N–H and O–H groups in total. The number of aliphatic hydroxyl groups excluding tert-OH is 1. The molecular weight excluding hydrogens is 790 g/mol. The van der Waals surface area contributed by atoms with Gasteiger partial charge in [0.05, 0.1) is 33.9 Å². The van der Waals surface area contributed by atoms with E-state index in [0.717, 1.165) is 57.8 Å². The van der Waals surface area contributed by atoms with Crippen LogP contribution < -0.4 is 0 Å². The lowest BCUT2D eigenvalue weighted by atomic mass is 10.2. The van der Waals surface area contributed by atoms with E-state index in [9.17, 15) is 24.2 Å². The zero-order chi connectivity index (χ0) is 45.1. The molecule has 0 aliphatic rings. The summed E-state index contributed by atoms with van der Waals surface area (Å²) in [6, 6.07) is 0. The Bertz CT molecular complexity index is 1510. The molecule has 0 saturated heterocycles. The Kier molecular flexibility index (Phi) is 37.6. The maximum atomic E-state index is 12.7. The first-order chi connectivity index (χ1) is 29.4. The molecule has 0 heterocycles. The first-order valence-corrected chi connectivity index (χ1v) is 23.5. The molecule has 0 saturated carbocycles. The van der Waals surface area contributed by atoms with E-state index in [0.29, 0.717) is 36.7 Å². The molecule has 0 amide bonds.